The van der Waals surface area contributed by atoms with E-state index < -0.39 is 35.9 Å². The maximum Gasteiger partial charge on any atom is 0.513 e. The van der Waals surface area contributed by atoms with Gasteiger partial charge in [-0.2, -0.15) is 0 Å². The summed E-state index contributed by atoms with van der Waals surface area (Å²) in [6.45, 7) is 13.1. The minimum absolute atomic E-state index is 0.0726. The smallest absolute Gasteiger partial charge is 0.468 e. The molecule has 0 saturated heterocycles. The first kappa shape index (κ1) is 35.1. The second-order valence-electron chi connectivity index (χ2n) is 12.8. The van der Waals surface area contributed by atoms with E-state index >= 15 is 0 Å². The zero-order chi connectivity index (χ0) is 32.4. The Hall–Kier alpha value is -4.12. The van der Waals surface area contributed by atoms with Crippen LogP contribution in [-0.4, -0.2) is 56.2 Å². The van der Waals surface area contributed by atoms with Crippen molar-refractivity contribution < 1.29 is 47.6 Å². The average molecular weight is 602 g/mol. The van der Waals surface area contributed by atoms with Gasteiger partial charge in [0.05, 0.1) is 25.9 Å². The third kappa shape index (κ3) is 12.3. The molecule has 2 atom stereocenters. The lowest BCUT2D eigenvalue weighted by Crippen LogP contribution is -2.53. The highest BCUT2D eigenvalue weighted by Gasteiger charge is 2.38. The minimum atomic E-state index is -1.64. The maximum atomic E-state index is 12.9. The van der Waals surface area contributed by atoms with Crippen molar-refractivity contribution in [3.05, 3.63) is 59.7 Å². The average Bonchev–Trinajstić information content (AvgIpc) is 2.91. The van der Waals surface area contributed by atoms with E-state index in [2.05, 4.69) is 0 Å². The van der Waals surface area contributed by atoms with Crippen LogP contribution in [0.1, 0.15) is 70.8 Å². The summed E-state index contributed by atoms with van der Waals surface area (Å²) in [5.74, 6) is -1.57. The summed E-state index contributed by atoms with van der Waals surface area (Å²) in [5, 5.41) is 0. The lowest BCUT2D eigenvalue weighted by molar-refractivity contribution is -0.148. The Morgan fingerprint density at radius 2 is 1.33 bits per heavy atom. The molecule has 11 heteroatoms. The Labute approximate surface area is 252 Å². The largest absolute Gasteiger partial charge is 0.513 e. The zero-order valence-corrected chi connectivity index (χ0v) is 26.2. The van der Waals surface area contributed by atoms with Gasteiger partial charge >= 0.3 is 24.2 Å². The van der Waals surface area contributed by atoms with Gasteiger partial charge in [0.1, 0.15) is 11.6 Å². The van der Waals surface area contributed by atoms with Gasteiger partial charge in [-0.3, -0.25) is 4.79 Å². The number of methoxy groups -OCH3 is 1. The van der Waals surface area contributed by atoms with Gasteiger partial charge in [0.25, 0.3) is 0 Å². The van der Waals surface area contributed by atoms with Crippen LogP contribution in [0.3, 0.4) is 0 Å². The highest BCUT2D eigenvalue weighted by atomic mass is 16.7. The van der Waals surface area contributed by atoms with Crippen LogP contribution in [0.4, 0.5) is 9.59 Å². The van der Waals surface area contributed by atoms with E-state index in [4.69, 9.17) is 34.2 Å². The van der Waals surface area contributed by atoms with Crippen molar-refractivity contribution >= 4 is 24.2 Å². The molecule has 0 aromatic heterocycles. The SMILES string of the molecule is COC(=O)[C@](N)(Cc1ccc(OC(=O)OCC(C)(C)C)c(OC(=O)OCC(C)(C)C)c1)CC(C)OC(=O)c1ccccc1. The Morgan fingerprint density at radius 3 is 1.84 bits per heavy atom. The monoisotopic (exact) mass is 601 g/mol. The maximum absolute atomic E-state index is 12.9. The van der Waals surface area contributed by atoms with Crippen LogP contribution >= 0.6 is 0 Å². The van der Waals surface area contributed by atoms with Crippen LogP contribution in [0.2, 0.25) is 0 Å². The molecule has 0 spiro atoms. The number of carbonyl (C=O) groups excluding carboxylic acids is 4. The van der Waals surface area contributed by atoms with Crippen molar-refractivity contribution in [3.63, 3.8) is 0 Å². The number of rotatable bonds is 11. The van der Waals surface area contributed by atoms with Gasteiger partial charge < -0.3 is 34.2 Å². The highest BCUT2D eigenvalue weighted by molar-refractivity contribution is 5.89. The Morgan fingerprint density at radius 1 is 0.791 bits per heavy atom. The first-order chi connectivity index (χ1) is 19.9. The lowest BCUT2D eigenvalue weighted by Gasteiger charge is -2.29. The number of hydrogen-bond donors (Lipinski definition) is 1. The van der Waals surface area contributed by atoms with Crippen LogP contribution in [0.25, 0.3) is 0 Å². The molecule has 236 valence electrons. The first-order valence-electron chi connectivity index (χ1n) is 13.9. The number of hydrogen-bond acceptors (Lipinski definition) is 11. The van der Waals surface area contributed by atoms with Crippen LogP contribution in [0.5, 0.6) is 11.5 Å². The van der Waals surface area contributed by atoms with Gasteiger partial charge in [0.15, 0.2) is 11.5 Å². The number of carbonyl (C=O) groups is 4. The van der Waals surface area contributed by atoms with Gasteiger partial charge in [0, 0.05) is 12.8 Å². The van der Waals surface area contributed by atoms with Crippen molar-refractivity contribution in [1.82, 2.24) is 0 Å². The Balaban J connectivity index is 2.30. The summed E-state index contributed by atoms with van der Waals surface area (Å²) >= 11 is 0. The van der Waals surface area contributed by atoms with E-state index in [1.807, 2.05) is 41.5 Å². The van der Waals surface area contributed by atoms with Crippen molar-refractivity contribution in [2.24, 2.45) is 16.6 Å². The topological polar surface area (TPSA) is 150 Å². The molecule has 43 heavy (non-hydrogen) atoms. The van der Waals surface area contributed by atoms with Gasteiger partial charge in [-0.25, -0.2) is 14.4 Å². The number of benzene rings is 2. The van der Waals surface area contributed by atoms with Crippen molar-refractivity contribution in [1.29, 1.82) is 0 Å². The highest BCUT2D eigenvalue weighted by Crippen LogP contribution is 2.32. The van der Waals surface area contributed by atoms with E-state index in [1.165, 1.54) is 19.2 Å². The van der Waals surface area contributed by atoms with Crippen LogP contribution < -0.4 is 15.2 Å². The van der Waals surface area contributed by atoms with Crippen LogP contribution in [-0.2, 0) is 30.2 Å². The van der Waals surface area contributed by atoms with E-state index in [1.54, 1.807) is 43.3 Å². The number of esters is 2. The van der Waals surface area contributed by atoms with Gasteiger partial charge in [0.2, 0.25) is 0 Å². The van der Waals surface area contributed by atoms with Crippen LogP contribution in [0.15, 0.2) is 48.5 Å². The molecule has 2 aromatic rings. The molecule has 1 unspecified atom stereocenters. The standard InChI is InChI=1S/C32H43NO10/c1-21(41-26(34)23-12-10-9-11-13-23)17-32(33,27(35)38-8)18-22-14-15-24(42-28(36)39-19-30(2,3)4)25(16-22)43-29(37)40-20-31(5,6)7/h9-16,21H,17-20,33H2,1-8H3/t21?,32-/m1/s1. The second kappa shape index (κ2) is 14.9. The molecular weight excluding hydrogens is 558 g/mol. The Kier molecular flexibility index (Phi) is 12.1. The number of nitrogens with two attached hydrogens (primary N) is 1. The molecule has 0 saturated carbocycles. The van der Waals surface area contributed by atoms with E-state index in [0.29, 0.717) is 11.1 Å². The molecule has 11 nitrogen and oxygen atoms in total. The summed E-state index contributed by atoms with van der Waals surface area (Å²) in [7, 11) is 1.20. The zero-order valence-electron chi connectivity index (χ0n) is 26.2. The molecule has 0 heterocycles. The third-order valence-corrected chi connectivity index (χ3v) is 5.72. The van der Waals surface area contributed by atoms with E-state index in [-0.39, 0.29) is 48.4 Å². The Bertz CT molecular complexity index is 1260. The summed E-state index contributed by atoms with van der Waals surface area (Å²) in [5.41, 5.74) is 5.07. The second-order valence-corrected chi connectivity index (χ2v) is 12.8. The quantitative estimate of drug-likeness (QED) is 0.187. The molecule has 2 N–H and O–H groups in total. The molecule has 0 aliphatic carbocycles. The van der Waals surface area contributed by atoms with Crippen molar-refractivity contribution in [3.8, 4) is 11.5 Å². The molecule has 0 fully saturated rings. The predicted octanol–water partition coefficient (Wildman–Crippen LogP) is 5.86. The fraction of sp³-hybridized carbons (Fsp3) is 0.500. The van der Waals surface area contributed by atoms with Gasteiger partial charge in [-0.1, -0.05) is 65.8 Å². The molecule has 0 aliphatic rings. The predicted molar refractivity (Wildman–Crippen MR) is 158 cm³/mol. The molecule has 0 amide bonds. The summed E-state index contributed by atoms with van der Waals surface area (Å²) in [6.07, 6.45) is -2.96. The van der Waals surface area contributed by atoms with Crippen LogP contribution in [0, 0.1) is 10.8 Å². The summed E-state index contributed by atoms with van der Waals surface area (Å²) in [6, 6.07) is 12.7. The van der Waals surface area contributed by atoms with E-state index in [9.17, 15) is 19.2 Å². The fourth-order valence-electron chi connectivity index (χ4n) is 3.79. The van der Waals surface area contributed by atoms with Crippen molar-refractivity contribution in [2.45, 2.75) is 73.0 Å². The first-order valence-corrected chi connectivity index (χ1v) is 13.9. The summed E-state index contributed by atoms with van der Waals surface area (Å²) in [4.78, 5) is 50.3. The normalized spacial score (nSPS) is 13.6. The molecule has 0 bridgehead atoms. The van der Waals surface area contributed by atoms with Gasteiger partial charge in [-0.15, -0.1) is 0 Å². The molecular formula is C32H43NO10. The molecule has 0 radical (unpaired) electrons. The molecule has 0 aliphatic heterocycles. The fourth-order valence-corrected chi connectivity index (χ4v) is 3.79. The number of ether oxygens (including phenoxy) is 6. The van der Waals surface area contributed by atoms with Crippen molar-refractivity contribution in [2.75, 3.05) is 20.3 Å². The third-order valence-electron chi connectivity index (χ3n) is 5.72. The van der Waals surface area contributed by atoms with E-state index in [0.717, 1.165) is 0 Å². The minimum Gasteiger partial charge on any atom is -0.468 e. The molecule has 2 aromatic carbocycles. The van der Waals surface area contributed by atoms with Gasteiger partial charge in [-0.05, 0) is 47.6 Å². The molecule has 2 rings (SSSR count). The lowest BCUT2D eigenvalue weighted by atomic mass is 9.86. The summed E-state index contributed by atoms with van der Waals surface area (Å²) < 4.78 is 31.6.